The van der Waals surface area contributed by atoms with Crippen molar-refractivity contribution in [1.82, 2.24) is 5.32 Å². The van der Waals surface area contributed by atoms with Gasteiger partial charge in [-0.05, 0) is 78.7 Å². The number of amides is 1. The van der Waals surface area contributed by atoms with E-state index in [9.17, 15) is 18.7 Å². The summed E-state index contributed by atoms with van der Waals surface area (Å²) in [6, 6.07) is 9.24. The molecule has 4 N–H and O–H groups in total. The van der Waals surface area contributed by atoms with Crippen molar-refractivity contribution in [3.8, 4) is 11.5 Å². The van der Waals surface area contributed by atoms with Crippen molar-refractivity contribution in [2.24, 2.45) is 34.8 Å². The number of methoxy groups -OCH3 is 2. The molecule has 10 heteroatoms. The molecular weight excluding hydrogens is 614 g/mol. The average molecular weight is 671 g/mol. The normalized spacial score (nSPS) is 14.4. The standard InChI is InChI=1S/C36H56F2N2O5.ClH/c1-23(2)26(17-25-13-14-33(44-8)34(18-25)45-16-10-15-43-7)19-31(39)32(41)20-27(24(3)4)35(42)40-22-36(5,6)21-28-29(37)11-9-12-30(28)38;/h9,11-14,18,23-24,26-27,31-32,41H,10,15-17,19-22,39H2,1-8H3,(H,40,42);1H/t26-,27-,31-,32-;/m0./s1. The van der Waals surface area contributed by atoms with E-state index in [0.717, 1.165) is 18.4 Å². The van der Waals surface area contributed by atoms with Crippen LogP contribution in [-0.2, 0) is 22.4 Å². The van der Waals surface area contributed by atoms with E-state index < -0.39 is 35.1 Å². The molecule has 0 radical (unpaired) electrons. The van der Waals surface area contributed by atoms with Crippen molar-refractivity contribution in [2.45, 2.75) is 85.8 Å². The highest BCUT2D eigenvalue weighted by molar-refractivity contribution is 5.85. The van der Waals surface area contributed by atoms with Crippen molar-refractivity contribution in [2.75, 3.05) is 34.0 Å². The summed E-state index contributed by atoms with van der Waals surface area (Å²) in [6.07, 6.45) is 1.59. The Bertz CT molecular complexity index is 1180. The SMILES string of the molecule is COCCCOc1cc(C[C@@H](C[C@H](N)[C@@H](O)C[C@H](C(=O)NCC(C)(C)Cc2c(F)cccc2F)C(C)C)C(C)C)ccc1OC.Cl. The van der Waals surface area contributed by atoms with Crippen LogP contribution in [0.3, 0.4) is 0 Å². The van der Waals surface area contributed by atoms with Crippen molar-refractivity contribution in [3.05, 3.63) is 59.2 Å². The van der Waals surface area contributed by atoms with Crippen LogP contribution in [0.5, 0.6) is 11.5 Å². The van der Waals surface area contributed by atoms with Gasteiger partial charge in [-0.25, -0.2) is 8.78 Å². The van der Waals surface area contributed by atoms with E-state index in [1.165, 1.54) is 18.2 Å². The lowest BCUT2D eigenvalue weighted by Crippen LogP contribution is -2.44. The summed E-state index contributed by atoms with van der Waals surface area (Å²) in [5.74, 6) is -0.0380. The van der Waals surface area contributed by atoms with Gasteiger partial charge in [0.15, 0.2) is 11.5 Å². The summed E-state index contributed by atoms with van der Waals surface area (Å²) < 4.78 is 45.0. The lowest BCUT2D eigenvalue weighted by Gasteiger charge is -2.31. The number of halogens is 3. The van der Waals surface area contributed by atoms with Gasteiger partial charge in [-0.2, -0.15) is 0 Å². The molecule has 0 aromatic heterocycles. The largest absolute Gasteiger partial charge is 0.493 e. The second-order valence-electron chi connectivity index (χ2n) is 13.7. The lowest BCUT2D eigenvalue weighted by atomic mass is 9.80. The number of aliphatic hydroxyl groups is 1. The van der Waals surface area contributed by atoms with Gasteiger partial charge >= 0.3 is 0 Å². The van der Waals surface area contributed by atoms with Gasteiger partial charge in [-0.1, -0.05) is 53.7 Å². The van der Waals surface area contributed by atoms with Crippen LogP contribution in [0.25, 0.3) is 0 Å². The van der Waals surface area contributed by atoms with Crippen LogP contribution in [0.1, 0.15) is 71.9 Å². The first-order chi connectivity index (χ1) is 21.2. The number of hydrogen-bond donors (Lipinski definition) is 3. The molecule has 0 spiro atoms. The molecule has 2 rings (SSSR count). The third kappa shape index (κ3) is 13.3. The van der Waals surface area contributed by atoms with Crippen LogP contribution in [0.15, 0.2) is 36.4 Å². The number of carbonyl (C=O) groups excluding carboxylic acids is 1. The zero-order valence-corrected chi connectivity index (χ0v) is 29.7. The van der Waals surface area contributed by atoms with Crippen LogP contribution in [0, 0.1) is 40.7 Å². The fraction of sp³-hybridized carbons (Fsp3) is 0.639. The number of carbonyl (C=O) groups is 1. The molecular formula is C36H57ClF2N2O5. The number of ether oxygens (including phenoxy) is 3. The maximum atomic E-state index is 14.2. The van der Waals surface area contributed by atoms with Crippen LogP contribution >= 0.6 is 12.4 Å². The summed E-state index contributed by atoms with van der Waals surface area (Å²) in [7, 11) is 3.28. The Kier molecular flexibility index (Phi) is 18.1. The number of aliphatic hydroxyl groups excluding tert-OH is 1. The second-order valence-corrected chi connectivity index (χ2v) is 13.7. The summed E-state index contributed by atoms with van der Waals surface area (Å²) in [4.78, 5) is 13.3. The first-order valence-electron chi connectivity index (χ1n) is 16.1. The molecule has 1 amide bonds. The Morgan fingerprint density at radius 3 is 2.20 bits per heavy atom. The average Bonchev–Trinajstić information content (AvgIpc) is 2.98. The van der Waals surface area contributed by atoms with Gasteiger partial charge in [0.25, 0.3) is 0 Å². The van der Waals surface area contributed by atoms with Gasteiger partial charge in [0.1, 0.15) is 11.6 Å². The molecule has 2 aromatic rings. The van der Waals surface area contributed by atoms with Crippen molar-refractivity contribution < 1.29 is 32.9 Å². The summed E-state index contributed by atoms with van der Waals surface area (Å²) in [5, 5.41) is 14.2. The number of nitrogens with one attached hydrogen (secondary N) is 1. The molecule has 0 unspecified atom stereocenters. The summed E-state index contributed by atoms with van der Waals surface area (Å²) >= 11 is 0. The van der Waals surface area contributed by atoms with E-state index in [1.54, 1.807) is 14.2 Å². The number of benzene rings is 2. The van der Waals surface area contributed by atoms with Gasteiger partial charge in [0.2, 0.25) is 5.91 Å². The second kappa shape index (κ2) is 20.0. The summed E-state index contributed by atoms with van der Waals surface area (Å²) in [5.41, 5.74) is 7.09. The predicted molar refractivity (Wildman–Crippen MR) is 183 cm³/mol. The lowest BCUT2D eigenvalue weighted by molar-refractivity contribution is -0.128. The zero-order chi connectivity index (χ0) is 33.7. The number of rotatable bonds is 20. The van der Waals surface area contributed by atoms with E-state index in [1.807, 2.05) is 45.9 Å². The van der Waals surface area contributed by atoms with E-state index in [0.29, 0.717) is 37.1 Å². The van der Waals surface area contributed by atoms with Gasteiger partial charge in [0, 0.05) is 44.2 Å². The third-order valence-corrected chi connectivity index (χ3v) is 8.58. The van der Waals surface area contributed by atoms with Crippen molar-refractivity contribution in [1.29, 1.82) is 0 Å². The highest BCUT2D eigenvalue weighted by Gasteiger charge is 2.31. The first-order valence-corrected chi connectivity index (χ1v) is 16.1. The van der Waals surface area contributed by atoms with E-state index >= 15 is 0 Å². The first kappa shape index (κ1) is 41.6. The van der Waals surface area contributed by atoms with Crippen LogP contribution in [0.4, 0.5) is 8.78 Å². The third-order valence-electron chi connectivity index (χ3n) is 8.58. The molecule has 0 bridgehead atoms. The maximum absolute atomic E-state index is 14.2. The number of hydrogen-bond acceptors (Lipinski definition) is 6. The molecule has 0 fully saturated rings. The molecule has 0 aliphatic heterocycles. The van der Waals surface area contributed by atoms with E-state index in [4.69, 9.17) is 19.9 Å². The fourth-order valence-corrected chi connectivity index (χ4v) is 5.56. The predicted octanol–water partition coefficient (Wildman–Crippen LogP) is 6.75. The van der Waals surface area contributed by atoms with Crippen LogP contribution in [0.2, 0.25) is 0 Å². The molecule has 262 valence electrons. The molecule has 0 saturated carbocycles. The maximum Gasteiger partial charge on any atom is 0.223 e. The Balaban J connectivity index is 0.0000106. The van der Waals surface area contributed by atoms with E-state index in [2.05, 4.69) is 19.2 Å². The minimum Gasteiger partial charge on any atom is -0.493 e. The Hall–Kier alpha value is -2.46. The van der Waals surface area contributed by atoms with E-state index in [-0.39, 0.29) is 55.1 Å². The van der Waals surface area contributed by atoms with Crippen molar-refractivity contribution in [3.63, 3.8) is 0 Å². The topological polar surface area (TPSA) is 103 Å². The minimum atomic E-state index is -0.875. The minimum absolute atomic E-state index is 0. The molecule has 0 aliphatic carbocycles. The highest BCUT2D eigenvalue weighted by Crippen LogP contribution is 2.32. The van der Waals surface area contributed by atoms with Crippen LogP contribution in [-0.4, -0.2) is 57.1 Å². The summed E-state index contributed by atoms with van der Waals surface area (Å²) in [6.45, 7) is 13.3. The zero-order valence-electron chi connectivity index (χ0n) is 28.9. The fourth-order valence-electron chi connectivity index (χ4n) is 5.56. The molecule has 0 saturated heterocycles. The van der Waals surface area contributed by atoms with Gasteiger partial charge in [0.05, 0.1) is 19.8 Å². The molecule has 0 aliphatic rings. The smallest absolute Gasteiger partial charge is 0.223 e. The molecule has 0 heterocycles. The van der Waals surface area contributed by atoms with Gasteiger partial charge < -0.3 is 30.4 Å². The Morgan fingerprint density at radius 2 is 1.63 bits per heavy atom. The monoisotopic (exact) mass is 670 g/mol. The number of nitrogens with two attached hydrogens (primary N) is 1. The highest BCUT2D eigenvalue weighted by atomic mass is 35.5. The Labute approximate surface area is 281 Å². The van der Waals surface area contributed by atoms with Crippen molar-refractivity contribution >= 4 is 18.3 Å². The van der Waals surface area contributed by atoms with Gasteiger partial charge in [-0.15, -0.1) is 12.4 Å². The quantitative estimate of drug-likeness (QED) is 0.135. The van der Waals surface area contributed by atoms with Crippen LogP contribution < -0.4 is 20.5 Å². The molecule has 4 atom stereocenters. The molecule has 7 nitrogen and oxygen atoms in total. The Morgan fingerprint density at radius 1 is 0.978 bits per heavy atom. The molecule has 2 aromatic carbocycles. The molecule has 46 heavy (non-hydrogen) atoms. The van der Waals surface area contributed by atoms with Gasteiger partial charge in [-0.3, -0.25) is 4.79 Å².